The number of aryl methyl sites for hydroxylation is 1. The number of anilines is 1. The van der Waals surface area contributed by atoms with E-state index < -0.39 is 0 Å². The molecule has 0 amide bonds. The van der Waals surface area contributed by atoms with E-state index in [4.69, 9.17) is 5.73 Å². The third-order valence-corrected chi connectivity index (χ3v) is 3.29. The number of nitrogen functional groups attached to an aromatic ring is 1. The first kappa shape index (κ1) is 12.4. The normalized spacial score (nSPS) is 10.3. The molecule has 2 rings (SSSR count). The number of rotatable bonds is 3. The average Bonchev–Trinajstić information content (AvgIpc) is 2.35. The second-order valence-electron chi connectivity index (χ2n) is 4.55. The lowest BCUT2D eigenvalue weighted by Gasteiger charge is -2.08. The number of hydrogen-bond acceptors (Lipinski definition) is 2. The molecule has 2 aromatic carbocycles. The fourth-order valence-electron chi connectivity index (χ4n) is 2.03. The third kappa shape index (κ3) is 2.43. The van der Waals surface area contributed by atoms with Crippen molar-refractivity contribution in [3.63, 3.8) is 0 Å². The monoisotopic (exact) mass is 239 g/mol. The third-order valence-electron chi connectivity index (χ3n) is 3.29. The summed E-state index contributed by atoms with van der Waals surface area (Å²) in [6.45, 7) is 3.91. The summed E-state index contributed by atoms with van der Waals surface area (Å²) < 4.78 is 0. The van der Waals surface area contributed by atoms with Crippen LogP contribution in [0.5, 0.6) is 0 Å². The van der Waals surface area contributed by atoms with E-state index in [2.05, 4.69) is 0 Å². The number of hydrogen-bond donors (Lipinski definition) is 1. The molecule has 0 fully saturated rings. The fraction of sp³-hybridized carbons (Fsp3) is 0.188. The lowest BCUT2D eigenvalue weighted by atomic mass is 9.96. The molecule has 2 N–H and O–H groups in total. The zero-order chi connectivity index (χ0) is 13.1. The van der Waals surface area contributed by atoms with Gasteiger partial charge in [-0.1, -0.05) is 36.4 Å². The molecule has 0 unspecified atom stereocenters. The zero-order valence-electron chi connectivity index (χ0n) is 10.7. The van der Waals surface area contributed by atoms with E-state index in [1.165, 1.54) is 0 Å². The van der Waals surface area contributed by atoms with Crippen molar-refractivity contribution < 1.29 is 4.79 Å². The van der Waals surface area contributed by atoms with Gasteiger partial charge in [0.1, 0.15) is 0 Å². The van der Waals surface area contributed by atoms with Gasteiger partial charge in [-0.2, -0.15) is 0 Å². The number of Topliss-reactive ketones (excluding diaryl/α,β-unsaturated/α-hetero) is 1. The van der Waals surface area contributed by atoms with Gasteiger partial charge in [-0.05, 0) is 36.6 Å². The molecule has 0 radical (unpaired) electrons. The summed E-state index contributed by atoms with van der Waals surface area (Å²) in [4.78, 5) is 12.3. The van der Waals surface area contributed by atoms with E-state index in [-0.39, 0.29) is 5.78 Å². The number of nitrogens with two attached hydrogens (primary N) is 1. The summed E-state index contributed by atoms with van der Waals surface area (Å²) in [5.41, 5.74) is 10.3. The number of ketones is 1. The van der Waals surface area contributed by atoms with Gasteiger partial charge in [-0.3, -0.25) is 4.79 Å². The largest absolute Gasteiger partial charge is 0.398 e. The second-order valence-corrected chi connectivity index (χ2v) is 4.55. The molecule has 18 heavy (non-hydrogen) atoms. The Balaban J connectivity index is 2.28. The van der Waals surface area contributed by atoms with Crippen LogP contribution in [0.15, 0.2) is 42.5 Å². The first-order chi connectivity index (χ1) is 8.59. The van der Waals surface area contributed by atoms with Gasteiger partial charge < -0.3 is 5.73 Å². The standard InChI is InChI=1S/C16H17NO/c1-11-6-3-4-7-13(11)10-16(18)14-8-5-9-15(17)12(14)2/h3-9H,10,17H2,1-2H3. The Morgan fingerprint density at radius 2 is 1.78 bits per heavy atom. The van der Waals surface area contributed by atoms with Gasteiger partial charge in [0.25, 0.3) is 0 Å². The SMILES string of the molecule is Cc1ccccc1CC(=O)c1cccc(N)c1C. The lowest BCUT2D eigenvalue weighted by Crippen LogP contribution is -2.08. The van der Waals surface area contributed by atoms with Crippen LogP contribution in [0.1, 0.15) is 27.0 Å². The zero-order valence-corrected chi connectivity index (χ0v) is 10.7. The van der Waals surface area contributed by atoms with Crippen molar-refractivity contribution in [2.45, 2.75) is 20.3 Å². The number of carbonyl (C=O) groups excluding carboxylic acids is 1. The van der Waals surface area contributed by atoms with Crippen LogP contribution in [0.2, 0.25) is 0 Å². The Hall–Kier alpha value is -2.09. The van der Waals surface area contributed by atoms with Crippen LogP contribution >= 0.6 is 0 Å². The van der Waals surface area contributed by atoms with Gasteiger partial charge in [0.2, 0.25) is 0 Å². The molecular formula is C16H17NO. The molecule has 0 bridgehead atoms. The van der Waals surface area contributed by atoms with Crippen LogP contribution in [0, 0.1) is 13.8 Å². The van der Waals surface area contributed by atoms with Crippen molar-refractivity contribution in [2.75, 3.05) is 5.73 Å². The molecule has 0 spiro atoms. The molecule has 0 saturated heterocycles. The molecule has 0 saturated carbocycles. The van der Waals surface area contributed by atoms with Gasteiger partial charge in [-0.15, -0.1) is 0 Å². The highest BCUT2D eigenvalue weighted by Crippen LogP contribution is 2.18. The van der Waals surface area contributed by atoms with Crippen molar-refractivity contribution in [1.29, 1.82) is 0 Å². The Morgan fingerprint density at radius 1 is 1.06 bits per heavy atom. The molecule has 0 aliphatic rings. The van der Waals surface area contributed by atoms with E-state index in [9.17, 15) is 4.79 Å². The molecule has 92 valence electrons. The lowest BCUT2D eigenvalue weighted by molar-refractivity contribution is 0.0992. The van der Waals surface area contributed by atoms with E-state index in [0.29, 0.717) is 12.1 Å². The van der Waals surface area contributed by atoms with E-state index in [0.717, 1.165) is 22.3 Å². The van der Waals surface area contributed by atoms with Crippen LogP contribution in [0.3, 0.4) is 0 Å². The van der Waals surface area contributed by atoms with Crippen molar-refractivity contribution in [3.05, 3.63) is 64.7 Å². The van der Waals surface area contributed by atoms with E-state index >= 15 is 0 Å². The predicted octanol–water partition coefficient (Wildman–Crippen LogP) is 3.31. The molecule has 2 heteroatoms. The molecule has 2 aromatic rings. The smallest absolute Gasteiger partial charge is 0.167 e. The minimum absolute atomic E-state index is 0.120. The summed E-state index contributed by atoms with van der Waals surface area (Å²) in [6.07, 6.45) is 0.428. The van der Waals surface area contributed by atoms with Crippen molar-refractivity contribution in [3.8, 4) is 0 Å². The molecule has 0 aliphatic heterocycles. The molecule has 0 aliphatic carbocycles. The maximum absolute atomic E-state index is 12.3. The van der Waals surface area contributed by atoms with Crippen molar-refractivity contribution in [2.24, 2.45) is 0 Å². The molecule has 0 atom stereocenters. The quantitative estimate of drug-likeness (QED) is 0.659. The van der Waals surface area contributed by atoms with E-state index in [1.54, 1.807) is 0 Å². The van der Waals surface area contributed by atoms with Gasteiger partial charge in [0, 0.05) is 17.7 Å². The summed E-state index contributed by atoms with van der Waals surface area (Å²) in [5.74, 6) is 0.120. The van der Waals surface area contributed by atoms with Crippen LogP contribution in [0.4, 0.5) is 5.69 Å². The topological polar surface area (TPSA) is 43.1 Å². The van der Waals surface area contributed by atoms with Crippen molar-refractivity contribution in [1.82, 2.24) is 0 Å². The summed E-state index contributed by atoms with van der Waals surface area (Å²) in [7, 11) is 0. The highest BCUT2D eigenvalue weighted by molar-refractivity contribution is 6.00. The van der Waals surface area contributed by atoms with Crippen LogP contribution in [-0.2, 0) is 6.42 Å². The Kier molecular flexibility index (Phi) is 3.47. The molecule has 0 heterocycles. The summed E-state index contributed by atoms with van der Waals surface area (Å²) in [6, 6.07) is 13.4. The maximum Gasteiger partial charge on any atom is 0.167 e. The first-order valence-corrected chi connectivity index (χ1v) is 6.02. The Bertz CT molecular complexity index is 587. The van der Waals surface area contributed by atoms with Gasteiger partial charge in [0.15, 0.2) is 5.78 Å². The summed E-state index contributed by atoms with van der Waals surface area (Å²) >= 11 is 0. The van der Waals surface area contributed by atoms with Gasteiger partial charge in [0.05, 0.1) is 0 Å². The summed E-state index contributed by atoms with van der Waals surface area (Å²) in [5, 5.41) is 0. The number of benzene rings is 2. The predicted molar refractivity (Wildman–Crippen MR) is 74.8 cm³/mol. The van der Waals surface area contributed by atoms with Gasteiger partial charge in [-0.25, -0.2) is 0 Å². The van der Waals surface area contributed by atoms with Crippen LogP contribution in [-0.4, -0.2) is 5.78 Å². The Labute approximate surface area is 107 Å². The number of carbonyl (C=O) groups is 1. The molecule has 2 nitrogen and oxygen atoms in total. The highest BCUT2D eigenvalue weighted by Gasteiger charge is 2.12. The first-order valence-electron chi connectivity index (χ1n) is 6.02. The van der Waals surface area contributed by atoms with Crippen LogP contribution in [0.25, 0.3) is 0 Å². The van der Waals surface area contributed by atoms with E-state index in [1.807, 2.05) is 56.3 Å². The Morgan fingerprint density at radius 3 is 2.50 bits per heavy atom. The highest BCUT2D eigenvalue weighted by atomic mass is 16.1. The minimum atomic E-state index is 0.120. The van der Waals surface area contributed by atoms with Crippen molar-refractivity contribution >= 4 is 11.5 Å². The minimum Gasteiger partial charge on any atom is -0.398 e. The molecule has 0 aromatic heterocycles. The second kappa shape index (κ2) is 5.05. The fourth-order valence-corrected chi connectivity index (χ4v) is 2.03. The average molecular weight is 239 g/mol. The maximum atomic E-state index is 12.3. The molecular weight excluding hydrogens is 222 g/mol. The van der Waals surface area contributed by atoms with Crippen LogP contribution < -0.4 is 5.73 Å². The van der Waals surface area contributed by atoms with Gasteiger partial charge >= 0.3 is 0 Å².